The molecule has 7 nitrogen and oxygen atoms in total. The monoisotopic (exact) mass is 507 g/mol. The molecule has 0 spiro atoms. The normalized spacial score (nSPS) is 13.5. The predicted octanol–water partition coefficient (Wildman–Crippen LogP) is 5.45. The zero-order chi connectivity index (χ0) is 24.9. The number of methoxy groups -OCH3 is 1. The molecule has 0 fully saturated rings. The topological polar surface area (TPSA) is 87.7 Å². The van der Waals surface area contributed by atoms with E-state index in [1.807, 2.05) is 31.4 Å². The van der Waals surface area contributed by atoms with Gasteiger partial charge in [0.05, 0.1) is 12.0 Å². The van der Waals surface area contributed by atoms with Crippen LogP contribution in [0.25, 0.3) is 0 Å². The van der Waals surface area contributed by atoms with Gasteiger partial charge in [-0.1, -0.05) is 37.7 Å². The van der Waals surface area contributed by atoms with Gasteiger partial charge < -0.3 is 15.4 Å². The number of carbonyl (C=O) groups excluding carboxylic acids is 3. The van der Waals surface area contributed by atoms with Crippen molar-refractivity contribution in [3.05, 3.63) is 81.5 Å². The summed E-state index contributed by atoms with van der Waals surface area (Å²) in [5.41, 5.74) is 1.51. The van der Waals surface area contributed by atoms with Crippen LogP contribution in [0, 0.1) is 5.92 Å². The molecular formula is C26H25N3O4S2. The van der Waals surface area contributed by atoms with E-state index in [1.54, 1.807) is 55.6 Å². The fraction of sp³-hybridized carbons (Fsp3) is 0.192. The Morgan fingerprint density at radius 2 is 1.80 bits per heavy atom. The zero-order valence-electron chi connectivity index (χ0n) is 19.5. The molecule has 0 aliphatic carbocycles. The van der Waals surface area contributed by atoms with E-state index in [9.17, 15) is 14.4 Å². The Balaban J connectivity index is 1.61. The van der Waals surface area contributed by atoms with Crippen molar-refractivity contribution in [2.75, 3.05) is 24.3 Å². The molecule has 180 valence electrons. The third-order valence-electron chi connectivity index (χ3n) is 5.09. The van der Waals surface area contributed by atoms with Crippen molar-refractivity contribution in [3.8, 4) is 5.75 Å². The van der Waals surface area contributed by atoms with Gasteiger partial charge in [-0.05, 0) is 59.8 Å². The maximum atomic E-state index is 13.3. The molecule has 3 amide bonds. The minimum Gasteiger partial charge on any atom is -0.497 e. The minimum absolute atomic E-state index is 0.130. The summed E-state index contributed by atoms with van der Waals surface area (Å²) in [6.45, 7) is 4.25. The van der Waals surface area contributed by atoms with E-state index in [1.165, 1.54) is 28.0 Å². The van der Waals surface area contributed by atoms with E-state index in [0.717, 1.165) is 4.90 Å². The second-order valence-corrected chi connectivity index (χ2v) is 10.3. The molecule has 0 saturated carbocycles. The fourth-order valence-electron chi connectivity index (χ4n) is 3.46. The summed E-state index contributed by atoms with van der Waals surface area (Å²) in [5, 5.41) is 7.86. The molecule has 4 rings (SSSR count). The van der Waals surface area contributed by atoms with Gasteiger partial charge in [0, 0.05) is 22.8 Å². The molecular weight excluding hydrogens is 482 g/mol. The second kappa shape index (κ2) is 10.8. The summed E-state index contributed by atoms with van der Waals surface area (Å²) < 4.78 is 5.20. The van der Waals surface area contributed by atoms with Gasteiger partial charge >= 0.3 is 0 Å². The van der Waals surface area contributed by atoms with Crippen molar-refractivity contribution >= 4 is 52.2 Å². The lowest BCUT2D eigenvalue weighted by molar-refractivity contribution is -0.137. The maximum absolute atomic E-state index is 13.3. The van der Waals surface area contributed by atoms with Gasteiger partial charge in [0.25, 0.3) is 17.7 Å². The molecule has 0 atom stereocenters. The Morgan fingerprint density at radius 1 is 1.03 bits per heavy atom. The van der Waals surface area contributed by atoms with Crippen LogP contribution in [-0.4, -0.2) is 36.3 Å². The van der Waals surface area contributed by atoms with Crippen molar-refractivity contribution in [2.45, 2.75) is 18.7 Å². The van der Waals surface area contributed by atoms with Crippen LogP contribution in [0.1, 0.15) is 23.5 Å². The molecule has 0 radical (unpaired) electrons. The molecule has 2 heterocycles. The highest BCUT2D eigenvalue weighted by Crippen LogP contribution is 2.37. The zero-order valence-corrected chi connectivity index (χ0v) is 21.2. The third kappa shape index (κ3) is 5.75. The molecule has 3 aromatic rings. The Morgan fingerprint density at radius 3 is 2.46 bits per heavy atom. The van der Waals surface area contributed by atoms with Gasteiger partial charge in [-0.25, -0.2) is 0 Å². The van der Waals surface area contributed by atoms with E-state index < -0.39 is 0 Å². The summed E-state index contributed by atoms with van der Waals surface area (Å²) >= 11 is 2.56. The van der Waals surface area contributed by atoms with Crippen LogP contribution in [-0.2, 0) is 9.59 Å². The molecule has 1 aliphatic rings. The minimum atomic E-state index is -0.357. The number of rotatable bonds is 9. The third-order valence-corrected chi connectivity index (χ3v) is 7.03. The van der Waals surface area contributed by atoms with Gasteiger partial charge in [-0.3, -0.25) is 19.3 Å². The summed E-state index contributed by atoms with van der Waals surface area (Å²) in [4.78, 5) is 41.8. The van der Waals surface area contributed by atoms with Gasteiger partial charge in [0.2, 0.25) is 0 Å². The largest absolute Gasteiger partial charge is 0.497 e. The van der Waals surface area contributed by atoms with E-state index >= 15 is 0 Å². The van der Waals surface area contributed by atoms with Crippen molar-refractivity contribution in [1.82, 2.24) is 4.90 Å². The lowest BCUT2D eigenvalue weighted by atomic mass is 10.2. The van der Waals surface area contributed by atoms with Crippen LogP contribution in [0.15, 0.2) is 81.5 Å². The second-order valence-electron chi connectivity index (χ2n) is 8.23. The SMILES string of the molecule is COc1ccc(NC2=C(Sc3cccc(NC(=O)c4cccs4)c3)C(=O)N(CC(C)C)C2=O)cc1. The first-order valence-electron chi connectivity index (χ1n) is 11.0. The smallest absolute Gasteiger partial charge is 0.278 e. The number of anilines is 2. The average molecular weight is 508 g/mol. The number of nitrogens with one attached hydrogen (secondary N) is 2. The summed E-state index contributed by atoms with van der Waals surface area (Å²) in [6.07, 6.45) is 0. The molecule has 9 heteroatoms. The van der Waals surface area contributed by atoms with E-state index in [2.05, 4.69) is 10.6 Å². The van der Waals surface area contributed by atoms with Gasteiger partial charge in [0.1, 0.15) is 16.4 Å². The highest BCUT2D eigenvalue weighted by Gasteiger charge is 2.39. The van der Waals surface area contributed by atoms with Gasteiger partial charge in [-0.2, -0.15) is 0 Å². The number of hydrogen-bond acceptors (Lipinski definition) is 7. The highest BCUT2D eigenvalue weighted by atomic mass is 32.2. The predicted molar refractivity (Wildman–Crippen MR) is 140 cm³/mol. The number of amides is 3. The summed E-state index contributed by atoms with van der Waals surface area (Å²) in [5.74, 6) is -0.0681. The molecule has 0 unspecified atom stereocenters. The van der Waals surface area contributed by atoms with Crippen LogP contribution in [0.3, 0.4) is 0 Å². The first kappa shape index (κ1) is 24.6. The van der Waals surface area contributed by atoms with E-state index in [4.69, 9.17) is 4.74 Å². The van der Waals surface area contributed by atoms with Crippen molar-refractivity contribution < 1.29 is 19.1 Å². The Bertz CT molecular complexity index is 1270. The first-order valence-corrected chi connectivity index (χ1v) is 12.7. The lowest BCUT2D eigenvalue weighted by Gasteiger charge is -2.17. The quantitative estimate of drug-likeness (QED) is 0.375. The molecule has 2 N–H and O–H groups in total. The molecule has 1 aliphatic heterocycles. The standard InChI is InChI=1S/C26H25N3O4S2/c1-16(2)15-29-25(31)22(27-17-9-11-19(33-3)12-10-17)23(26(29)32)35-20-7-4-6-18(14-20)28-24(30)21-8-5-13-34-21/h4-14,16,27H,15H2,1-3H3,(H,28,30). The van der Waals surface area contributed by atoms with Crippen LogP contribution in [0.2, 0.25) is 0 Å². The van der Waals surface area contributed by atoms with E-state index in [0.29, 0.717) is 33.5 Å². The molecule has 2 aromatic carbocycles. The number of thiophene rings is 1. The number of carbonyl (C=O) groups is 3. The Hall–Kier alpha value is -3.56. The van der Waals surface area contributed by atoms with Crippen molar-refractivity contribution in [3.63, 3.8) is 0 Å². The Kier molecular flexibility index (Phi) is 7.57. The van der Waals surface area contributed by atoms with Gasteiger partial charge in [-0.15, -0.1) is 11.3 Å². The number of benzene rings is 2. The highest BCUT2D eigenvalue weighted by molar-refractivity contribution is 8.04. The first-order chi connectivity index (χ1) is 16.9. The number of nitrogens with zero attached hydrogens (tertiary/aromatic N) is 1. The molecule has 0 saturated heterocycles. The number of imide groups is 1. The Labute approximate surface area is 212 Å². The van der Waals surface area contributed by atoms with Crippen molar-refractivity contribution in [2.24, 2.45) is 5.92 Å². The van der Waals surface area contributed by atoms with Crippen LogP contribution in [0.5, 0.6) is 5.75 Å². The molecule has 0 bridgehead atoms. The van der Waals surface area contributed by atoms with Gasteiger partial charge in [0.15, 0.2) is 0 Å². The lowest BCUT2D eigenvalue weighted by Crippen LogP contribution is -2.35. The number of hydrogen-bond donors (Lipinski definition) is 2. The summed E-state index contributed by atoms with van der Waals surface area (Å²) in [6, 6.07) is 17.9. The maximum Gasteiger partial charge on any atom is 0.278 e. The molecule has 35 heavy (non-hydrogen) atoms. The number of ether oxygens (including phenoxy) is 1. The van der Waals surface area contributed by atoms with Crippen LogP contribution >= 0.6 is 23.1 Å². The molecule has 1 aromatic heterocycles. The van der Waals surface area contributed by atoms with E-state index in [-0.39, 0.29) is 29.3 Å². The fourth-order valence-corrected chi connectivity index (χ4v) is 5.09. The van der Waals surface area contributed by atoms with Crippen LogP contribution < -0.4 is 15.4 Å². The average Bonchev–Trinajstić information content (AvgIpc) is 3.45. The van der Waals surface area contributed by atoms with Crippen molar-refractivity contribution in [1.29, 1.82) is 0 Å². The van der Waals surface area contributed by atoms with Crippen LogP contribution in [0.4, 0.5) is 11.4 Å². The summed E-state index contributed by atoms with van der Waals surface area (Å²) in [7, 11) is 1.58. The number of thioether (sulfide) groups is 1.